The number of alkyl halides is 7. The Labute approximate surface area is 240 Å². The van der Waals surface area contributed by atoms with Gasteiger partial charge in [0.25, 0.3) is 5.91 Å². The van der Waals surface area contributed by atoms with Crippen LogP contribution in [0.5, 0.6) is 0 Å². The molecule has 1 saturated heterocycles. The Balaban J connectivity index is 1.67. The van der Waals surface area contributed by atoms with Crippen LogP contribution in [0.4, 0.5) is 30.7 Å². The van der Waals surface area contributed by atoms with Gasteiger partial charge in [-0.15, -0.1) is 0 Å². The van der Waals surface area contributed by atoms with E-state index in [2.05, 4.69) is 0 Å². The number of aryl methyl sites for hydroxylation is 1. The molecule has 2 aliphatic rings. The molecule has 6 nitrogen and oxygen atoms in total. The van der Waals surface area contributed by atoms with Crippen molar-refractivity contribution in [3.63, 3.8) is 0 Å². The van der Waals surface area contributed by atoms with Crippen LogP contribution in [0.25, 0.3) is 0 Å². The van der Waals surface area contributed by atoms with Gasteiger partial charge < -0.3 is 10.0 Å². The molecule has 0 unspecified atom stereocenters. The minimum atomic E-state index is -6.35. The number of rotatable bonds is 5. The monoisotopic (exact) mass is 629 g/mol. The van der Waals surface area contributed by atoms with Crippen molar-refractivity contribution in [2.24, 2.45) is 0 Å². The van der Waals surface area contributed by atoms with Crippen molar-refractivity contribution in [1.82, 2.24) is 4.90 Å². The fourth-order valence-electron chi connectivity index (χ4n) is 6.20. The van der Waals surface area contributed by atoms with Crippen LogP contribution in [-0.2, 0) is 26.7 Å². The molecule has 1 amide bonds. The van der Waals surface area contributed by atoms with Crippen molar-refractivity contribution in [2.45, 2.75) is 53.0 Å². The average molecular weight is 630 g/mol. The van der Waals surface area contributed by atoms with Gasteiger partial charge in [-0.3, -0.25) is 4.79 Å². The SMILES string of the molecule is O=C(O)c1ccc(C(=O)N2CC[C@]3(S(=O)(=O)c4ccccc4)c4ccc(C(F)(C(F)(F)F)C(F)(F)F)cc4CC[C@H]23)cc1. The van der Waals surface area contributed by atoms with Crippen molar-refractivity contribution in [3.8, 4) is 0 Å². The number of likely N-dealkylation sites (tertiary alicyclic amines) is 1. The third-order valence-corrected chi connectivity index (χ3v) is 10.8. The predicted octanol–water partition coefficient (Wildman–Crippen LogP) is 6.20. The summed E-state index contributed by atoms with van der Waals surface area (Å²) in [6.07, 6.45) is -13.4. The van der Waals surface area contributed by atoms with E-state index in [-0.39, 0.29) is 53.0 Å². The number of carboxylic acids is 1. The Morgan fingerprint density at radius 3 is 1.98 bits per heavy atom. The first-order chi connectivity index (χ1) is 20.0. The number of hydrogen-bond donors (Lipinski definition) is 1. The number of carbonyl (C=O) groups excluding carboxylic acids is 1. The van der Waals surface area contributed by atoms with Crippen LogP contribution < -0.4 is 0 Å². The number of halogens is 7. The first-order valence-corrected chi connectivity index (χ1v) is 14.4. The fourth-order valence-corrected chi connectivity index (χ4v) is 8.59. The van der Waals surface area contributed by atoms with Crippen LogP contribution in [-0.4, -0.2) is 55.2 Å². The molecule has 0 saturated carbocycles. The highest BCUT2D eigenvalue weighted by Gasteiger charge is 2.73. The molecule has 1 fully saturated rings. The van der Waals surface area contributed by atoms with E-state index in [0.29, 0.717) is 12.1 Å². The number of aromatic carboxylic acids is 1. The fraction of sp³-hybridized carbons (Fsp3) is 0.310. The highest BCUT2D eigenvalue weighted by molar-refractivity contribution is 7.92. The van der Waals surface area contributed by atoms with Crippen molar-refractivity contribution in [1.29, 1.82) is 0 Å². The van der Waals surface area contributed by atoms with E-state index in [4.69, 9.17) is 5.11 Å². The first kappa shape index (κ1) is 30.5. The van der Waals surface area contributed by atoms with Crippen LogP contribution in [0, 0.1) is 0 Å². The van der Waals surface area contributed by atoms with Gasteiger partial charge in [-0.05, 0) is 66.8 Å². The number of carbonyl (C=O) groups is 2. The number of amides is 1. The van der Waals surface area contributed by atoms with Gasteiger partial charge in [-0.1, -0.05) is 36.4 Å². The van der Waals surface area contributed by atoms with E-state index in [1.807, 2.05) is 0 Å². The van der Waals surface area contributed by atoms with Gasteiger partial charge in [0.15, 0.2) is 9.84 Å². The standard InChI is InChI=1S/C29H22F7NO5S/c30-27(28(31,32)33,29(34,35)36)20-11-12-22-19(16-20)10-13-23-26(22,43(41,42)21-4-2-1-3-5-21)14-15-37(23)24(38)17-6-8-18(9-7-17)25(39)40/h1-9,11-12,16,23H,10,13-15H2,(H,39,40)/t23-,26-/m0/s1. The molecule has 3 aromatic rings. The van der Waals surface area contributed by atoms with Gasteiger partial charge >= 0.3 is 24.0 Å². The maximum Gasteiger partial charge on any atom is 0.435 e. The maximum absolute atomic E-state index is 14.9. The summed E-state index contributed by atoms with van der Waals surface area (Å²) < 4.78 is 123. The van der Waals surface area contributed by atoms with Crippen LogP contribution in [0.1, 0.15) is 50.2 Å². The van der Waals surface area contributed by atoms with Gasteiger partial charge in [-0.2, -0.15) is 26.3 Å². The lowest BCUT2D eigenvalue weighted by Crippen LogP contribution is -2.53. The Morgan fingerprint density at radius 1 is 0.837 bits per heavy atom. The Morgan fingerprint density at radius 2 is 1.42 bits per heavy atom. The Hall–Kier alpha value is -3.94. The second-order valence-corrected chi connectivity index (χ2v) is 12.6. The van der Waals surface area contributed by atoms with E-state index in [0.717, 1.165) is 6.07 Å². The van der Waals surface area contributed by atoms with E-state index in [1.54, 1.807) is 6.07 Å². The van der Waals surface area contributed by atoms with Gasteiger partial charge in [0.1, 0.15) is 4.75 Å². The number of fused-ring (bicyclic) bond motifs is 3. The van der Waals surface area contributed by atoms with E-state index in [1.165, 1.54) is 53.4 Å². The van der Waals surface area contributed by atoms with Gasteiger partial charge in [0.2, 0.25) is 0 Å². The molecule has 3 aromatic carbocycles. The zero-order valence-electron chi connectivity index (χ0n) is 21.9. The summed E-state index contributed by atoms with van der Waals surface area (Å²) in [7, 11) is -4.46. The van der Waals surface area contributed by atoms with Crippen LogP contribution >= 0.6 is 0 Å². The number of nitrogens with zero attached hydrogens (tertiary/aromatic N) is 1. The zero-order chi connectivity index (χ0) is 31.6. The third kappa shape index (κ3) is 4.48. The molecule has 1 N–H and O–H groups in total. The molecule has 14 heteroatoms. The molecule has 0 radical (unpaired) electrons. The van der Waals surface area contributed by atoms with E-state index >= 15 is 0 Å². The molecule has 5 rings (SSSR count). The number of sulfone groups is 1. The molecule has 1 aliphatic carbocycles. The average Bonchev–Trinajstić information content (AvgIpc) is 3.37. The van der Waals surface area contributed by atoms with Crippen molar-refractivity contribution >= 4 is 21.7 Å². The first-order valence-electron chi connectivity index (χ1n) is 12.9. The third-order valence-electron chi connectivity index (χ3n) is 8.24. The molecular weight excluding hydrogens is 607 g/mol. The lowest BCUT2D eigenvalue weighted by Gasteiger charge is -2.43. The summed E-state index contributed by atoms with van der Waals surface area (Å²) in [6, 6.07) is 12.3. The summed E-state index contributed by atoms with van der Waals surface area (Å²) >= 11 is 0. The summed E-state index contributed by atoms with van der Waals surface area (Å²) in [4.78, 5) is 25.9. The molecule has 43 heavy (non-hydrogen) atoms. The van der Waals surface area contributed by atoms with Gasteiger partial charge in [0, 0.05) is 17.7 Å². The van der Waals surface area contributed by atoms with Crippen LogP contribution in [0.2, 0.25) is 0 Å². The predicted molar refractivity (Wildman–Crippen MR) is 138 cm³/mol. The van der Waals surface area contributed by atoms with Crippen LogP contribution in [0.15, 0.2) is 77.7 Å². The second-order valence-electron chi connectivity index (χ2n) is 10.4. The highest BCUT2D eigenvalue weighted by Crippen LogP contribution is 2.56. The smallest absolute Gasteiger partial charge is 0.435 e. The van der Waals surface area contributed by atoms with E-state index < -0.39 is 56.1 Å². The quantitative estimate of drug-likeness (QED) is 0.340. The lowest BCUT2D eigenvalue weighted by molar-refractivity contribution is -0.348. The summed E-state index contributed by atoms with van der Waals surface area (Å²) in [5.74, 6) is -1.87. The summed E-state index contributed by atoms with van der Waals surface area (Å²) in [5, 5.41) is 9.15. The zero-order valence-corrected chi connectivity index (χ0v) is 22.7. The Kier molecular flexibility index (Phi) is 7.14. The van der Waals surface area contributed by atoms with E-state index in [9.17, 15) is 48.7 Å². The molecule has 0 aromatic heterocycles. The molecular formula is C29H22F7NO5S. The molecule has 0 bridgehead atoms. The van der Waals surface area contributed by atoms with Gasteiger partial charge in [-0.25, -0.2) is 17.6 Å². The van der Waals surface area contributed by atoms with Crippen LogP contribution in [0.3, 0.4) is 0 Å². The van der Waals surface area contributed by atoms with Gasteiger partial charge in [0.05, 0.1) is 16.5 Å². The second kappa shape index (κ2) is 10.1. The highest BCUT2D eigenvalue weighted by atomic mass is 32.2. The number of benzene rings is 3. The minimum Gasteiger partial charge on any atom is -0.478 e. The Bertz CT molecular complexity index is 1670. The molecule has 2 atom stereocenters. The number of carboxylic acid groups (broad SMARTS) is 1. The maximum atomic E-state index is 14.9. The minimum absolute atomic E-state index is 0.0524. The van der Waals surface area contributed by atoms with Crippen molar-refractivity contribution in [3.05, 3.63) is 101 Å². The summed E-state index contributed by atoms with van der Waals surface area (Å²) in [5.41, 5.74) is -7.78. The van der Waals surface area contributed by atoms with Crippen molar-refractivity contribution < 1.29 is 53.8 Å². The molecule has 228 valence electrons. The lowest BCUT2D eigenvalue weighted by atomic mass is 9.76. The molecule has 1 heterocycles. The molecule has 0 spiro atoms. The largest absolute Gasteiger partial charge is 0.478 e. The molecule has 1 aliphatic heterocycles. The topological polar surface area (TPSA) is 91.8 Å². The number of hydrogen-bond acceptors (Lipinski definition) is 4. The van der Waals surface area contributed by atoms with Crippen molar-refractivity contribution in [2.75, 3.05) is 6.54 Å². The normalized spacial score (nSPS) is 20.8. The summed E-state index contributed by atoms with van der Waals surface area (Å²) in [6.45, 7) is -0.143.